The van der Waals surface area contributed by atoms with Crippen molar-refractivity contribution < 1.29 is 9.47 Å². The molecular formula is C9H8O2. The third kappa shape index (κ3) is 1.34. The molecule has 2 rings (SSSR count). The van der Waals surface area contributed by atoms with E-state index in [1.54, 1.807) is 6.26 Å². The maximum Gasteiger partial charge on any atom is 0.263 e. The lowest BCUT2D eigenvalue weighted by Crippen LogP contribution is -2.21. The van der Waals surface area contributed by atoms with Gasteiger partial charge in [0.05, 0.1) is 6.26 Å². The summed E-state index contributed by atoms with van der Waals surface area (Å²) in [5.41, 5.74) is 0. The number of hydrogen-bond donors (Lipinski definition) is 0. The molecule has 1 aromatic rings. The zero-order valence-corrected chi connectivity index (χ0v) is 5.94. The highest BCUT2D eigenvalue weighted by atomic mass is 16.7. The summed E-state index contributed by atoms with van der Waals surface area (Å²) in [5.74, 6) is 0.835. The van der Waals surface area contributed by atoms with E-state index in [0.29, 0.717) is 0 Å². The molecule has 56 valence electrons. The van der Waals surface area contributed by atoms with Gasteiger partial charge in [-0.15, -0.1) is 0 Å². The van der Waals surface area contributed by atoms with Crippen LogP contribution in [0, 0.1) is 0 Å². The lowest BCUT2D eigenvalue weighted by molar-refractivity contribution is -0.0246. The SMILES string of the molecule is C1=CC(Oc2ccccc2)O1. The molecule has 2 heteroatoms. The lowest BCUT2D eigenvalue weighted by atomic mass is 10.3. The monoisotopic (exact) mass is 148 g/mol. The molecule has 0 aliphatic carbocycles. The Kier molecular flexibility index (Phi) is 1.52. The van der Waals surface area contributed by atoms with Crippen molar-refractivity contribution in [3.63, 3.8) is 0 Å². The molecule has 1 aliphatic rings. The number of para-hydroxylation sites is 1. The van der Waals surface area contributed by atoms with Gasteiger partial charge in [0, 0.05) is 6.08 Å². The molecule has 0 spiro atoms. The summed E-state index contributed by atoms with van der Waals surface area (Å²) in [6.07, 6.45) is 3.29. The van der Waals surface area contributed by atoms with E-state index in [2.05, 4.69) is 0 Å². The molecule has 0 saturated carbocycles. The van der Waals surface area contributed by atoms with Crippen LogP contribution >= 0.6 is 0 Å². The molecule has 11 heavy (non-hydrogen) atoms. The largest absolute Gasteiger partial charge is 0.459 e. The standard InChI is InChI=1S/C9H8O2/c1-2-4-8(5-3-1)11-9-6-7-10-9/h1-7,9H. The average Bonchev–Trinajstić information content (AvgIpc) is 1.99. The molecule has 2 nitrogen and oxygen atoms in total. The van der Waals surface area contributed by atoms with Gasteiger partial charge in [-0.25, -0.2) is 0 Å². The summed E-state index contributed by atoms with van der Waals surface area (Å²) < 4.78 is 10.3. The molecule has 1 atom stereocenters. The van der Waals surface area contributed by atoms with E-state index in [9.17, 15) is 0 Å². The lowest BCUT2D eigenvalue weighted by Gasteiger charge is -2.20. The summed E-state index contributed by atoms with van der Waals surface area (Å²) in [6.45, 7) is 0. The van der Waals surface area contributed by atoms with Gasteiger partial charge in [0.2, 0.25) is 0 Å². The van der Waals surface area contributed by atoms with Gasteiger partial charge in [0.25, 0.3) is 6.29 Å². The number of rotatable bonds is 2. The van der Waals surface area contributed by atoms with Crippen LogP contribution in [0.25, 0.3) is 0 Å². The van der Waals surface area contributed by atoms with Crippen LogP contribution in [0.2, 0.25) is 0 Å². The van der Waals surface area contributed by atoms with Crippen molar-refractivity contribution in [1.82, 2.24) is 0 Å². The zero-order valence-electron chi connectivity index (χ0n) is 5.94. The van der Waals surface area contributed by atoms with Crippen LogP contribution in [0.4, 0.5) is 0 Å². The number of hydrogen-bond acceptors (Lipinski definition) is 2. The molecule has 0 amide bonds. The minimum absolute atomic E-state index is 0.183. The van der Waals surface area contributed by atoms with Crippen molar-refractivity contribution in [2.24, 2.45) is 0 Å². The van der Waals surface area contributed by atoms with Crippen molar-refractivity contribution in [3.8, 4) is 5.75 Å². The molecule has 0 bridgehead atoms. The molecule has 1 unspecified atom stereocenters. The van der Waals surface area contributed by atoms with Gasteiger partial charge in [0.15, 0.2) is 0 Å². The van der Waals surface area contributed by atoms with Crippen molar-refractivity contribution in [3.05, 3.63) is 42.7 Å². The second kappa shape index (κ2) is 2.66. The Bertz CT molecular complexity index is 254. The summed E-state index contributed by atoms with van der Waals surface area (Å²) in [5, 5.41) is 0. The van der Waals surface area contributed by atoms with Crippen molar-refractivity contribution in [2.75, 3.05) is 0 Å². The molecule has 0 radical (unpaired) electrons. The summed E-state index contributed by atoms with van der Waals surface area (Å²) in [7, 11) is 0. The number of ether oxygens (including phenoxy) is 2. The molecule has 1 heterocycles. The second-order valence-corrected chi connectivity index (χ2v) is 2.26. The van der Waals surface area contributed by atoms with Gasteiger partial charge < -0.3 is 9.47 Å². The summed E-state index contributed by atoms with van der Waals surface area (Å²) >= 11 is 0. The van der Waals surface area contributed by atoms with E-state index in [1.807, 2.05) is 36.4 Å². The van der Waals surface area contributed by atoms with E-state index >= 15 is 0 Å². The molecule has 0 aromatic heterocycles. The first-order chi connectivity index (χ1) is 5.45. The van der Waals surface area contributed by atoms with Crippen molar-refractivity contribution in [2.45, 2.75) is 6.29 Å². The summed E-state index contributed by atoms with van der Waals surface area (Å²) in [6, 6.07) is 9.60. The van der Waals surface area contributed by atoms with Gasteiger partial charge in [0.1, 0.15) is 5.75 Å². The zero-order chi connectivity index (χ0) is 7.52. The first kappa shape index (κ1) is 6.28. The fourth-order valence-electron chi connectivity index (χ4n) is 0.843. The Hall–Kier alpha value is -1.44. The molecule has 1 aromatic carbocycles. The molecule has 0 fully saturated rings. The molecule has 0 N–H and O–H groups in total. The van der Waals surface area contributed by atoms with E-state index in [-0.39, 0.29) is 6.29 Å². The minimum atomic E-state index is -0.183. The van der Waals surface area contributed by atoms with Crippen LogP contribution in [0.1, 0.15) is 0 Å². The highest BCUT2D eigenvalue weighted by Gasteiger charge is 2.11. The Morgan fingerprint density at radius 2 is 1.91 bits per heavy atom. The number of benzene rings is 1. The van der Waals surface area contributed by atoms with Crippen molar-refractivity contribution in [1.29, 1.82) is 0 Å². The highest BCUT2D eigenvalue weighted by Crippen LogP contribution is 2.15. The quantitative estimate of drug-likeness (QED) is 0.638. The van der Waals surface area contributed by atoms with E-state index in [4.69, 9.17) is 9.47 Å². The fraction of sp³-hybridized carbons (Fsp3) is 0.111. The van der Waals surface area contributed by atoms with Crippen molar-refractivity contribution >= 4 is 0 Å². The average molecular weight is 148 g/mol. The second-order valence-electron chi connectivity index (χ2n) is 2.26. The topological polar surface area (TPSA) is 18.5 Å². The van der Waals surface area contributed by atoms with E-state index < -0.39 is 0 Å². The normalized spacial score (nSPS) is 20.2. The van der Waals surface area contributed by atoms with Crippen LogP contribution in [-0.2, 0) is 4.74 Å². The molecule has 1 aliphatic heterocycles. The van der Waals surface area contributed by atoms with Crippen LogP contribution in [0.5, 0.6) is 5.75 Å². The maximum atomic E-state index is 5.34. The van der Waals surface area contributed by atoms with Gasteiger partial charge >= 0.3 is 0 Å². The summed E-state index contributed by atoms with van der Waals surface area (Å²) in [4.78, 5) is 0. The fourth-order valence-corrected chi connectivity index (χ4v) is 0.843. The van der Waals surface area contributed by atoms with Gasteiger partial charge in [-0.1, -0.05) is 18.2 Å². The third-order valence-corrected chi connectivity index (χ3v) is 1.44. The molecular weight excluding hydrogens is 140 g/mol. The van der Waals surface area contributed by atoms with Gasteiger partial charge in [-0.05, 0) is 12.1 Å². The first-order valence-corrected chi connectivity index (χ1v) is 3.49. The van der Waals surface area contributed by atoms with Gasteiger partial charge in [-0.2, -0.15) is 0 Å². The predicted octanol–water partition coefficient (Wildman–Crippen LogP) is 1.94. The maximum absolute atomic E-state index is 5.34. The van der Waals surface area contributed by atoms with Crippen LogP contribution in [0.15, 0.2) is 42.7 Å². The van der Waals surface area contributed by atoms with Gasteiger partial charge in [-0.3, -0.25) is 0 Å². The Labute approximate surface area is 65.1 Å². The Morgan fingerprint density at radius 3 is 2.45 bits per heavy atom. The van der Waals surface area contributed by atoms with E-state index in [1.165, 1.54) is 0 Å². The highest BCUT2D eigenvalue weighted by molar-refractivity contribution is 5.21. The minimum Gasteiger partial charge on any atom is -0.459 e. The van der Waals surface area contributed by atoms with Crippen LogP contribution < -0.4 is 4.74 Å². The Morgan fingerprint density at radius 1 is 1.18 bits per heavy atom. The van der Waals surface area contributed by atoms with Crippen LogP contribution in [-0.4, -0.2) is 6.29 Å². The molecule has 0 saturated heterocycles. The smallest absolute Gasteiger partial charge is 0.263 e. The first-order valence-electron chi connectivity index (χ1n) is 3.49. The predicted molar refractivity (Wildman–Crippen MR) is 41.1 cm³/mol. The van der Waals surface area contributed by atoms with Crippen LogP contribution in [0.3, 0.4) is 0 Å². The third-order valence-electron chi connectivity index (χ3n) is 1.44. The van der Waals surface area contributed by atoms with E-state index in [0.717, 1.165) is 5.75 Å². The Balaban J connectivity index is 2.01.